The van der Waals surface area contributed by atoms with E-state index in [2.05, 4.69) is 16.7 Å². The lowest BCUT2D eigenvalue weighted by atomic mass is 9.76. The fourth-order valence-electron chi connectivity index (χ4n) is 3.86. The van der Waals surface area contributed by atoms with Crippen LogP contribution in [0.15, 0.2) is 24.3 Å². The molecular formula is C19H26ClN3O3. The van der Waals surface area contributed by atoms with Gasteiger partial charge in [-0.15, -0.1) is 0 Å². The molecule has 0 aromatic heterocycles. The molecule has 0 spiro atoms. The molecule has 3 rings (SSSR count). The lowest BCUT2D eigenvalue weighted by molar-refractivity contribution is -0.139. The molecule has 2 aliphatic carbocycles. The zero-order chi connectivity index (χ0) is 18.7. The van der Waals surface area contributed by atoms with E-state index >= 15 is 0 Å². The molecule has 0 atom stereocenters. The molecule has 0 saturated heterocycles. The van der Waals surface area contributed by atoms with Gasteiger partial charge >= 0.3 is 12.0 Å². The van der Waals surface area contributed by atoms with E-state index in [0.717, 1.165) is 30.7 Å². The third-order valence-corrected chi connectivity index (χ3v) is 5.74. The summed E-state index contributed by atoms with van der Waals surface area (Å²) < 4.78 is 0. The number of halogens is 1. The first-order valence-electron chi connectivity index (χ1n) is 9.23. The van der Waals surface area contributed by atoms with Crippen molar-refractivity contribution in [3.05, 3.63) is 34.9 Å². The van der Waals surface area contributed by atoms with Crippen molar-refractivity contribution in [3.8, 4) is 0 Å². The number of benzene rings is 1. The molecule has 142 valence electrons. The van der Waals surface area contributed by atoms with Gasteiger partial charge in [0.2, 0.25) is 0 Å². The predicted molar refractivity (Wildman–Crippen MR) is 101 cm³/mol. The number of carboxylic acid groups (broad SMARTS) is 1. The average molecular weight is 380 g/mol. The fraction of sp³-hybridized carbons (Fsp3) is 0.579. The van der Waals surface area contributed by atoms with E-state index in [1.54, 1.807) is 0 Å². The Balaban J connectivity index is 1.34. The van der Waals surface area contributed by atoms with Gasteiger partial charge in [0, 0.05) is 23.1 Å². The Hall–Kier alpha value is -1.79. The number of carbonyl (C=O) groups excluding carboxylic acids is 1. The molecule has 1 aromatic rings. The van der Waals surface area contributed by atoms with Crippen LogP contribution in [0, 0.1) is 0 Å². The van der Waals surface area contributed by atoms with Crippen molar-refractivity contribution in [2.45, 2.75) is 56.7 Å². The zero-order valence-electron chi connectivity index (χ0n) is 15.0. The first kappa shape index (κ1) is 19.0. The topological polar surface area (TPSA) is 81.7 Å². The van der Waals surface area contributed by atoms with E-state index in [4.69, 9.17) is 16.7 Å². The summed E-state index contributed by atoms with van der Waals surface area (Å²) in [5, 5.41) is 15.7. The van der Waals surface area contributed by atoms with E-state index in [1.807, 2.05) is 30.0 Å². The van der Waals surface area contributed by atoms with Gasteiger partial charge in [-0.1, -0.05) is 30.7 Å². The first-order valence-corrected chi connectivity index (χ1v) is 9.60. The SMILES string of the molecule is CCN(CC(=O)O)C1CC(NC(=O)NC2CC(c3cccc(Cl)c3)C2)C1. The van der Waals surface area contributed by atoms with Gasteiger partial charge in [-0.25, -0.2) is 4.79 Å². The molecule has 0 unspecified atom stereocenters. The van der Waals surface area contributed by atoms with E-state index < -0.39 is 5.97 Å². The highest BCUT2D eigenvalue weighted by Crippen LogP contribution is 2.37. The minimum atomic E-state index is -0.805. The zero-order valence-corrected chi connectivity index (χ0v) is 15.7. The van der Waals surface area contributed by atoms with Crippen molar-refractivity contribution >= 4 is 23.6 Å². The van der Waals surface area contributed by atoms with Gasteiger partial charge in [0.05, 0.1) is 6.54 Å². The third kappa shape index (κ3) is 4.68. The number of nitrogens with zero attached hydrogens (tertiary/aromatic N) is 1. The van der Waals surface area contributed by atoms with Crippen LogP contribution in [0.1, 0.15) is 44.1 Å². The molecule has 2 amide bonds. The molecule has 0 bridgehead atoms. The summed E-state index contributed by atoms with van der Waals surface area (Å²) in [5.74, 6) is -0.346. The van der Waals surface area contributed by atoms with Crippen LogP contribution in [0.3, 0.4) is 0 Å². The number of likely N-dealkylation sites (N-methyl/N-ethyl adjacent to an activating group) is 1. The maximum Gasteiger partial charge on any atom is 0.317 e. The van der Waals surface area contributed by atoms with Gasteiger partial charge in [-0.2, -0.15) is 0 Å². The average Bonchev–Trinajstić information content (AvgIpc) is 2.51. The number of urea groups is 1. The summed E-state index contributed by atoms with van der Waals surface area (Å²) >= 11 is 6.03. The van der Waals surface area contributed by atoms with Gasteiger partial charge in [0.25, 0.3) is 0 Å². The number of carboxylic acids is 1. The minimum absolute atomic E-state index is 0.0625. The summed E-state index contributed by atoms with van der Waals surface area (Å²) in [6, 6.07) is 8.37. The second-order valence-electron chi connectivity index (χ2n) is 7.32. The molecule has 6 nitrogen and oxygen atoms in total. The summed E-state index contributed by atoms with van der Waals surface area (Å²) in [4.78, 5) is 24.9. The van der Waals surface area contributed by atoms with Crippen LogP contribution in [0.4, 0.5) is 4.79 Å². The van der Waals surface area contributed by atoms with Crippen molar-refractivity contribution in [2.75, 3.05) is 13.1 Å². The first-order chi connectivity index (χ1) is 12.4. The van der Waals surface area contributed by atoms with E-state index in [-0.39, 0.29) is 30.7 Å². The van der Waals surface area contributed by atoms with Crippen LogP contribution in [-0.4, -0.2) is 53.2 Å². The minimum Gasteiger partial charge on any atom is -0.480 e. The van der Waals surface area contributed by atoms with Crippen molar-refractivity contribution in [1.29, 1.82) is 0 Å². The number of rotatable bonds is 7. The molecule has 2 aliphatic rings. The highest BCUT2D eigenvalue weighted by atomic mass is 35.5. The maximum absolute atomic E-state index is 12.1. The Morgan fingerprint density at radius 1 is 1.19 bits per heavy atom. The molecule has 2 fully saturated rings. The van der Waals surface area contributed by atoms with Gasteiger partial charge in [-0.3, -0.25) is 9.69 Å². The number of nitrogens with one attached hydrogen (secondary N) is 2. The molecule has 3 N–H and O–H groups in total. The Labute approximate surface area is 158 Å². The van der Waals surface area contributed by atoms with E-state index in [1.165, 1.54) is 5.56 Å². The lowest BCUT2D eigenvalue weighted by Gasteiger charge is -2.43. The van der Waals surface area contributed by atoms with Crippen LogP contribution in [-0.2, 0) is 4.79 Å². The van der Waals surface area contributed by atoms with Crippen molar-refractivity contribution < 1.29 is 14.7 Å². The lowest BCUT2D eigenvalue weighted by Crippen LogP contribution is -2.58. The number of hydrogen-bond acceptors (Lipinski definition) is 3. The van der Waals surface area contributed by atoms with Gasteiger partial charge in [0.1, 0.15) is 0 Å². The summed E-state index contributed by atoms with van der Waals surface area (Å²) in [6.45, 7) is 2.74. The summed E-state index contributed by atoms with van der Waals surface area (Å²) in [7, 11) is 0. The predicted octanol–water partition coefficient (Wildman–Crippen LogP) is 2.82. The molecule has 0 heterocycles. The number of carbonyl (C=O) groups is 2. The van der Waals surface area contributed by atoms with E-state index in [9.17, 15) is 9.59 Å². The van der Waals surface area contributed by atoms with Crippen LogP contribution in [0.25, 0.3) is 0 Å². The Morgan fingerprint density at radius 2 is 1.85 bits per heavy atom. The second-order valence-corrected chi connectivity index (χ2v) is 7.75. The van der Waals surface area contributed by atoms with Gasteiger partial charge in [0.15, 0.2) is 0 Å². The number of hydrogen-bond donors (Lipinski definition) is 3. The highest BCUT2D eigenvalue weighted by molar-refractivity contribution is 6.30. The molecule has 2 saturated carbocycles. The molecule has 7 heteroatoms. The van der Waals surface area contributed by atoms with Crippen LogP contribution in [0.2, 0.25) is 5.02 Å². The molecular weight excluding hydrogens is 354 g/mol. The van der Waals surface area contributed by atoms with Gasteiger partial charge < -0.3 is 15.7 Å². The van der Waals surface area contributed by atoms with Crippen molar-refractivity contribution in [3.63, 3.8) is 0 Å². The van der Waals surface area contributed by atoms with Crippen LogP contribution in [0.5, 0.6) is 0 Å². The Bertz CT molecular complexity index is 657. The number of amides is 2. The Kier molecular flexibility index (Phi) is 6.04. The van der Waals surface area contributed by atoms with Crippen LogP contribution >= 0.6 is 11.6 Å². The van der Waals surface area contributed by atoms with Crippen molar-refractivity contribution in [1.82, 2.24) is 15.5 Å². The fourth-order valence-corrected chi connectivity index (χ4v) is 4.06. The maximum atomic E-state index is 12.1. The monoisotopic (exact) mass is 379 g/mol. The molecule has 1 aromatic carbocycles. The Morgan fingerprint density at radius 3 is 2.42 bits per heavy atom. The molecule has 0 aliphatic heterocycles. The van der Waals surface area contributed by atoms with Crippen molar-refractivity contribution in [2.24, 2.45) is 0 Å². The van der Waals surface area contributed by atoms with Gasteiger partial charge in [-0.05, 0) is 55.8 Å². The summed E-state index contributed by atoms with van der Waals surface area (Å²) in [6.07, 6.45) is 3.49. The largest absolute Gasteiger partial charge is 0.480 e. The van der Waals surface area contributed by atoms with Crippen LogP contribution < -0.4 is 10.6 Å². The molecule has 26 heavy (non-hydrogen) atoms. The smallest absolute Gasteiger partial charge is 0.317 e. The third-order valence-electron chi connectivity index (χ3n) is 5.50. The number of aliphatic carboxylic acids is 1. The summed E-state index contributed by atoms with van der Waals surface area (Å²) in [5.41, 5.74) is 1.23. The normalized spacial score (nSPS) is 27.3. The standard InChI is InChI=1S/C19H26ClN3O3/c1-2-23(11-18(24)25)17-9-16(10-17)22-19(26)21-15-7-13(8-15)12-4-3-5-14(20)6-12/h3-6,13,15-17H,2,7-11H2,1H3,(H,24,25)(H2,21,22,26). The molecule has 0 radical (unpaired) electrons. The second kappa shape index (κ2) is 8.27. The highest BCUT2D eigenvalue weighted by Gasteiger charge is 2.36. The quantitative estimate of drug-likeness (QED) is 0.680. The van der Waals surface area contributed by atoms with E-state index in [0.29, 0.717) is 12.5 Å².